The fourth-order valence-corrected chi connectivity index (χ4v) is 3.83. The molecule has 6 heteroatoms. The van der Waals surface area contributed by atoms with Crippen LogP contribution in [0.15, 0.2) is 54.7 Å². The third-order valence-electron chi connectivity index (χ3n) is 3.87. The van der Waals surface area contributed by atoms with Crippen LogP contribution in [-0.4, -0.2) is 14.7 Å². The maximum atomic E-state index is 10.4. The van der Waals surface area contributed by atoms with Crippen LogP contribution in [0.4, 0.5) is 5.82 Å². The Morgan fingerprint density at radius 1 is 1.12 bits per heavy atom. The minimum Gasteiger partial charge on any atom is -0.506 e. The normalized spacial score (nSPS) is 11.2. The Bertz CT molecular complexity index is 988. The lowest BCUT2D eigenvalue weighted by Crippen LogP contribution is -2.03. The highest BCUT2D eigenvalue weighted by atomic mass is 35.5. The van der Waals surface area contributed by atoms with E-state index in [9.17, 15) is 5.11 Å². The summed E-state index contributed by atoms with van der Waals surface area (Å²) in [6, 6.07) is 15.4. The number of rotatable bonds is 3. The van der Waals surface area contributed by atoms with Gasteiger partial charge in [0.1, 0.15) is 16.6 Å². The summed E-state index contributed by atoms with van der Waals surface area (Å²) in [5.41, 5.74) is 8.82. The molecule has 3 N–H and O–H groups in total. The van der Waals surface area contributed by atoms with Crippen molar-refractivity contribution in [1.82, 2.24) is 9.55 Å². The van der Waals surface area contributed by atoms with E-state index < -0.39 is 0 Å². The number of hydrogen-bond acceptors (Lipinski definition) is 4. The molecule has 4 rings (SSSR count). The summed E-state index contributed by atoms with van der Waals surface area (Å²) in [7, 11) is 0. The van der Waals surface area contributed by atoms with Gasteiger partial charge in [-0.3, -0.25) is 0 Å². The largest absolute Gasteiger partial charge is 0.506 e. The Labute approximate surface area is 147 Å². The van der Waals surface area contributed by atoms with Gasteiger partial charge < -0.3 is 15.4 Å². The number of thiazole rings is 1. The van der Waals surface area contributed by atoms with E-state index >= 15 is 0 Å². The van der Waals surface area contributed by atoms with Gasteiger partial charge in [0, 0.05) is 17.8 Å². The molecule has 0 unspecified atom stereocenters. The first-order chi connectivity index (χ1) is 11.6. The van der Waals surface area contributed by atoms with E-state index in [4.69, 9.17) is 17.3 Å². The van der Waals surface area contributed by atoms with Crippen LogP contribution in [-0.2, 0) is 6.54 Å². The highest BCUT2D eigenvalue weighted by Gasteiger charge is 2.18. The third kappa shape index (κ3) is 2.62. The molecule has 0 atom stereocenters. The smallest absolute Gasteiger partial charge is 0.145 e. The van der Waals surface area contributed by atoms with E-state index in [0.29, 0.717) is 22.9 Å². The van der Waals surface area contributed by atoms with Crippen LogP contribution in [0.1, 0.15) is 5.56 Å². The first kappa shape index (κ1) is 15.1. The SMILES string of the molecule is Nc1c(-c2nc3ccccc3s2)c(O)cn1Cc1ccc(Cl)cc1. The van der Waals surface area contributed by atoms with Crippen molar-refractivity contribution < 1.29 is 5.11 Å². The molecule has 0 spiro atoms. The number of aromatic hydroxyl groups is 1. The fourth-order valence-electron chi connectivity index (χ4n) is 2.67. The van der Waals surface area contributed by atoms with E-state index in [-0.39, 0.29) is 5.75 Å². The number of hydrogen-bond donors (Lipinski definition) is 2. The van der Waals surface area contributed by atoms with Crippen molar-refractivity contribution in [1.29, 1.82) is 0 Å². The number of benzene rings is 2. The van der Waals surface area contributed by atoms with E-state index in [1.807, 2.05) is 53.1 Å². The predicted octanol–water partition coefficient (Wildman–Crippen LogP) is 4.75. The molecule has 120 valence electrons. The van der Waals surface area contributed by atoms with Crippen molar-refractivity contribution >= 4 is 39.0 Å². The van der Waals surface area contributed by atoms with Crippen molar-refractivity contribution in [2.75, 3.05) is 5.73 Å². The first-order valence-corrected chi connectivity index (χ1v) is 8.59. The molecule has 4 aromatic rings. The van der Waals surface area contributed by atoms with Crippen molar-refractivity contribution in [2.45, 2.75) is 6.54 Å². The zero-order valence-electron chi connectivity index (χ0n) is 12.6. The Morgan fingerprint density at radius 3 is 2.62 bits per heavy atom. The molecule has 2 aromatic carbocycles. The van der Waals surface area contributed by atoms with Gasteiger partial charge in [-0.05, 0) is 29.8 Å². The Kier molecular flexibility index (Phi) is 3.67. The molecular formula is C18H14ClN3OS. The summed E-state index contributed by atoms with van der Waals surface area (Å²) in [5.74, 6) is 0.641. The molecule has 2 aromatic heterocycles. The molecule has 0 radical (unpaired) electrons. The van der Waals surface area contributed by atoms with Crippen LogP contribution < -0.4 is 5.73 Å². The van der Waals surface area contributed by atoms with Crippen LogP contribution in [0.2, 0.25) is 5.02 Å². The number of para-hydroxylation sites is 1. The second-order valence-electron chi connectivity index (χ2n) is 5.52. The van der Waals surface area contributed by atoms with Gasteiger partial charge in [-0.1, -0.05) is 35.9 Å². The topological polar surface area (TPSA) is 64.1 Å². The molecule has 2 heterocycles. The molecule has 0 saturated heterocycles. The van der Waals surface area contributed by atoms with Crippen molar-refractivity contribution in [2.24, 2.45) is 0 Å². The van der Waals surface area contributed by atoms with Gasteiger partial charge in [0.2, 0.25) is 0 Å². The Hall–Kier alpha value is -2.50. The average Bonchev–Trinajstić information content (AvgIpc) is 3.10. The fraction of sp³-hybridized carbons (Fsp3) is 0.0556. The second-order valence-corrected chi connectivity index (χ2v) is 6.98. The standard InChI is InChI=1S/C18H14ClN3OS/c19-12-7-5-11(6-8-12)9-22-10-14(23)16(17(22)20)18-21-13-3-1-2-4-15(13)24-18/h1-8,10,23H,9,20H2. The van der Waals surface area contributed by atoms with Crippen LogP contribution in [0.3, 0.4) is 0 Å². The Morgan fingerprint density at radius 2 is 1.88 bits per heavy atom. The molecule has 0 aliphatic rings. The molecule has 24 heavy (non-hydrogen) atoms. The quantitative estimate of drug-likeness (QED) is 0.557. The number of fused-ring (bicyclic) bond motifs is 1. The van der Waals surface area contributed by atoms with Gasteiger partial charge in [0.05, 0.1) is 15.8 Å². The van der Waals surface area contributed by atoms with Gasteiger partial charge in [0.25, 0.3) is 0 Å². The average molecular weight is 356 g/mol. The molecule has 0 saturated carbocycles. The second kappa shape index (κ2) is 5.85. The van der Waals surface area contributed by atoms with Gasteiger partial charge >= 0.3 is 0 Å². The predicted molar refractivity (Wildman–Crippen MR) is 99.7 cm³/mol. The number of halogens is 1. The lowest BCUT2D eigenvalue weighted by Gasteiger charge is -2.06. The maximum Gasteiger partial charge on any atom is 0.145 e. The van der Waals surface area contributed by atoms with E-state index in [0.717, 1.165) is 20.8 Å². The molecule has 0 aliphatic carbocycles. The van der Waals surface area contributed by atoms with E-state index in [1.54, 1.807) is 6.20 Å². The van der Waals surface area contributed by atoms with Crippen molar-refractivity contribution in [3.63, 3.8) is 0 Å². The molecule has 0 bridgehead atoms. The summed E-state index contributed by atoms with van der Waals surface area (Å²) in [4.78, 5) is 4.58. The number of aromatic nitrogens is 2. The summed E-state index contributed by atoms with van der Waals surface area (Å²) in [6.07, 6.45) is 1.64. The van der Waals surface area contributed by atoms with Gasteiger partial charge in [-0.25, -0.2) is 4.98 Å². The van der Waals surface area contributed by atoms with Crippen LogP contribution in [0, 0.1) is 0 Å². The summed E-state index contributed by atoms with van der Waals surface area (Å²) in [6.45, 7) is 0.557. The van der Waals surface area contributed by atoms with Gasteiger partial charge in [-0.15, -0.1) is 11.3 Å². The Balaban J connectivity index is 1.74. The maximum absolute atomic E-state index is 10.4. The zero-order chi connectivity index (χ0) is 16.7. The number of nitrogens with two attached hydrogens (primary N) is 1. The number of anilines is 1. The third-order valence-corrected chi connectivity index (χ3v) is 5.18. The highest BCUT2D eigenvalue weighted by Crippen LogP contribution is 2.40. The van der Waals surface area contributed by atoms with Gasteiger partial charge in [0.15, 0.2) is 0 Å². The minimum absolute atomic E-state index is 0.139. The molecule has 0 fully saturated rings. The van der Waals surface area contributed by atoms with Crippen LogP contribution in [0.5, 0.6) is 5.75 Å². The number of nitrogens with zero attached hydrogens (tertiary/aromatic N) is 2. The summed E-state index contributed by atoms with van der Waals surface area (Å²) in [5, 5.41) is 11.8. The monoisotopic (exact) mass is 355 g/mol. The molecule has 0 amide bonds. The lowest BCUT2D eigenvalue weighted by molar-refractivity contribution is 0.475. The van der Waals surface area contributed by atoms with E-state index in [2.05, 4.69) is 4.98 Å². The zero-order valence-corrected chi connectivity index (χ0v) is 14.2. The number of nitrogen functional groups attached to an aromatic ring is 1. The molecular weight excluding hydrogens is 342 g/mol. The highest BCUT2D eigenvalue weighted by molar-refractivity contribution is 7.21. The van der Waals surface area contributed by atoms with Crippen molar-refractivity contribution in [3.8, 4) is 16.3 Å². The molecule has 0 aliphatic heterocycles. The first-order valence-electron chi connectivity index (χ1n) is 7.40. The van der Waals surface area contributed by atoms with Gasteiger partial charge in [-0.2, -0.15) is 0 Å². The summed E-state index contributed by atoms with van der Waals surface area (Å²) < 4.78 is 2.89. The summed E-state index contributed by atoms with van der Waals surface area (Å²) >= 11 is 7.43. The van der Waals surface area contributed by atoms with Crippen molar-refractivity contribution in [3.05, 3.63) is 65.3 Å². The van der Waals surface area contributed by atoms with E-state index in [1.165, 1.54) is 11.3 Å². The minimum atomic E-state index is 0.139. The lowest BCUT2D eigenvalue weighted by atomic mass is 10.2. The molecule has 4 nitrogen and oxygen atoms in total. The van der Waals surface area contributed by atoms with Crippen LogP contribution in [0.25, 0.3) is 20.8 Å². The van der Waals surface area contributed by atoms with Crippen LogP contribution >= 0.6 is 22.9 Å².